The highest BCUT2D eigenvalue weighted by molar-refractivity contribution is 5.48. The van der Waals surface area contributed by atoms with Crippen LogP contribution >= 0.6 is 0 Å². The van der Waals surface area contributed by atoms with Crippen LogP contribution in [0.1, 0.15) is 25.8 Å². The summed E-state index contributed by atoms with van der Waals surface area (Å²) in [4.78, 5) is 2.56. The van der Waals surface area contributed by atoms with E-state index in [2.05, 4.69) is 55.3 Å². The third-order valence-electron chi connectivity index (χ3n) is 3.85. The molecule has 2 atom stereocenters. The predicted molar refractivity (Wildman–Crippen MR) is 74.6 cm³/mol. The Bertz CT molecular complexity index is 344. The maximum absolute atomic E-state index is 3.48. The van der Waals surface area contributed by atoms with Crippen molar-refractivity contribution in [2.24, 2.45) is 5.92 Å². The van der Waals surface area contributed by atoms with Gasteiger partial charge in [0, 0.05) is 18.3 Å². The van der Waals surface area contributed by atoms with Crippen LogP contribution in [0.5, 0.6) is 0 Å². The highest BCUT2D eigenvalue weighted by atomic mass is 15.2. The number of nitrogens with one attached hydrogen (secondary N) is 1. The first kappa shape index (κ1) is 12.4. The summed E-state index contributed by atoms with van der Waals surface area (Å²) in [6.07, 6.45) is 1.25. The van der Waals surface area contributed by atoms with E-state index >= 15 is 0 Å². The first-order valence-corrected chi connectivity index (χ1v) is 6.76. The fourth-order valence-electron chi connectivity index (χ4n) is 2.81. The lowest BCUT2D eigenvalue weighted by molar-refractivity contribution is 0.333. The molecule has 0 saturated carbocycles. The minimum absolute atomic E-state index is 0.684. The number of hydrogen-bond donors (Lipinski definition) is 1. The van der Waals surface area contributed by atoms with Crippen LogP contribution < -0.4 is 10.2 Å². The number of aryl methyl sites for hydroxylation is 1. The number of nitrogens with zero attached hydrogens (tertiary/aromatic N) is 1. The molecule has 1 aromatic rings. The Balaban J connectivity index is 2.17. The zero-order chi connectivity index (χ0) is 12.3. The van der Waals surface area contributed by atoms with E-state index in [1.165, 1.54) is 17.7 Å². The first-order chi connectivity index (χ1) is 8.22. The summed E-state index contributed by atoms with van der Waals surface area (Å²) in [7, 11) is 0. The van der Waals surface area contributed by atoms with Crippen LogP contribution in [0.25, 0.3) is 0 Å². The van der Waals surface area contributed by atoms with E-state index in [0.717, 1.165) is 25.6 Å². The van der Waals surface area contributed by atoms with Crippen molar-refractivity contribution in [3.63, 3.8) is 0 Å². The van der Waals surface area contributed by atoms with E-state index in [1.54, 1.807) is 0 Å². The first-order valence-electron chi connectivity index (χ1n) is 6.76. The highest BCUT2D eigenvalue weighted by Gasteiger charge is 2.26. The standard InChI is InChI=1S/C15H24N2/c1-4-17(14-7-5-12(2)6-8-14)15-9-10-16-11-13(15)3/h5-8,13,15-16H,4,9-11H2,1-3H3. The van der Waals surface area contributed by atoms with Gasteiger partial charge in [-0.25, -0.2) is 0 Å². The van der Waals surface area contributed by atoms with Gasteiger partial charge in [0.1, 0.15) is 0 Å². The van der Waals surface area contributed by atoms with Crippen LogP contribution in [0.2, 0.25) is 0 Å². The van der Waals surface area contributed by atoms with Gasteiger partial charge >= 0.3 is 0 Å². The number of hydrogen-bond acceptors (Lipinski definition) is 2. The van der Waals surface area contributed by atoms with E-state index in [-0.39, 0.29) is 0 Å². The average molecular weight is 232 g/mol. The van der Waals surface area contributed by atoms with Crippen LogP contribution in [0.3, 0.4) is 0 Å². The van der Waals surface area contributed by atoms with Gasteiger partial charge in [0.15, 0.2) is 0 Å². The molecule has 1 aliphatic heterocycles. The van der Waals surface area contributed by atoms with E-state index < -0.39 is 0 Å². The second kappa shape index (κ2) is 5.54. The number of anilines is 1. The van der Waals surface area contributed by atoms with Crippen molar-refractivity contribution in [3.8, 4) is 0 Å². The summed E-state index contributed by atoms with van der Waals surface area (Å²) >= 11 is 0. The lowest BCUT2D eigenvalue weighted by Gasteiger charge is -2.40. The fourth-order valence-corrected chi connectivity index (χ4v) is 2.81. The zero-order valence-electron chi connectivity index (χ0n) is 11.2. The molecule has 17 heavy (non-hydrogen) atoms. The second-order valence-electron chi connectivity index (χ2n) is 5.16. The third kappa shape index (κ3) is 2.81. The molecule has 1 N–H and O–H groups in total. The summed E-state index contributed by atoms with van der Waals surface area (Å²) in [5.41, 5.74) is 2.71. The predicted octanol–water partition coefficient (Wildman–Crippen LogP) is 2.82. The van der Waals surface area contributed by atoms with Crippen LogP contribution in [-0.2, 0) is 0 Å². The Morgan fingerprint density at radius 2 is 2.00 bits per heavy atom. The van der Waals surface area contributed by atoms with E-state index in [0.29, 0.717) is 6.04 Å². The molecule has 2 nitrogen and oxygen atoms in total. The fraction of sp³-hybridized carbons (Fsp3) is 0.600. The third-order valence-corrected chi connectivity index (χ3v) is 3.85. The lowest BCUT2D eigenvalue weighted by atomic mass is 9.93. The topological polar surface area (TPSA) is 15.3 Å². The van der Waals surface area contributed by atoms with Crippen molar-refractivity contribution < 1.29 is 0 Å². The molecule has 1 aliphatic rings. The molecule has 1 aromatic carbocycles. The van der Waals surface area contributed by atoms with Crippen LogP contribution in [0.4, 0.5) is 5.69 Å². The maximum Gasteiger partial charge on any atom is 0.0368 e. The molecule has 1 heterocycles. The van der Waals surface area contributed by atoms with Crippen molar-refractivity contribution in [3.05, 3.63) is 29.8 Å². The molecular formula is C15H24N2. The average Bonchev–Trinajstić information content (AvgIpc) is 2.35. The Morgan fingerprint density at radius 3 is 2.59 bits per heavy atom. The Labute approximate surface area is 105 Å². The molecule has 1 fully saturated rings. The van der Waals surface area contributed by atoms with E-state index in [1.807, 2.05) is 0 Å². The van der Waals surface area contributed by atoms with Crippen molar-refractivity contribution in [2.75, 3.05) is 24.5 Å². The van der Waals surface area contributed by atoms with Gasteiger partial charge in [0.05, 0.1) is 0 Å². The molecule has 0 amide bonds. The number of rotatable bonds is 3. The molecule has 94 valence electrons. The molecule has 0 bridgehead atoms. The lowest BCUT2D eigenvalue weighted by Crippen LogP contribution is -2.48. The number of piperidine rings is 1. The quantitative estimate of drug-likeness (QED) is 0.862. The normalized spacial score (nSPS) is 24.6. The molecule has 2 rings (SSSR count). The number of benzene rings is 1. The molecule has 2 heteroatoms. The van der Waals surface area contributed by atoms with Crippen molar-refractivity contribution in [2.45, 2.75) is 33.2 Å². The molecule has 0 aromatic heterocycles. The summed E-state index contributed by atoms with van der Waals surface area (Å²) in [6.45, 7) is 10.2. The van der Waals surface area contributed by atoms with Crippen LogP contribution in [-0.4, -0.2) is 25.7 Å². The summed E-state index contributed by atoms with van der Waals surface area (Å²) < 4.78 is 0. The molecular weight excluding hydrogens is 208 g/mol. The Kier molecular flexibility index (Phi) is 4.06. The Hall–Kier alpha value is -1.02. The minimum atomic E-state index is 0.684. The summed E-state index contributed by atoms with van der Waals surface area (Å²) in [5.74, 6) is 0.727. The molecule has 2 unspecified atom stereocenters. The van der Waals surface area contributed by atoms with Gasteiger partial charge in [-0.3, -0.25) is 0 Å². The van der Waals surface area contributed by atoms with Gasteiger partial charge < -0.3 is 10.2 Å². The van der Waals surface area contributed by atoms with Gasteiger partial charge in [0.25, 0.3) is 0 Å². The van der Waals surface area contributed by atoms with Crippen LogP contribution in [0.15, 0.2) is 24.3 Å². The smallest absolute Gasteiger partial charge is 0.0368 e. The van der Waals surface area contributed by atoms with Gasteiger partial charge in [-0.05, 0) is 51.4 Å². The van der Waals surface area contributed by atoms with Crippen molar-refractivity contribution in [1.82, 2.24) is 5.32 Å². The van der Waals surface area contributed by atoms with Crippen LogP contribution in [0, 0.1) is 12.8 Å². The molecule has 1 saturated heterocycles. The molecule has 0 radical (unpaired) electrons. The second-order valence-corrected chi connectivity index (χ2v) is 5.16. The largest absolute Gasteiger partial charge is 0.368 e. The maximum atomic E-state index is 3.48. The van der Waals surface area contributed by atoms with Gasteiger partial charge in [-0.2, -0.15) is 0 Å². The monoisotopic (exact) mass is 232 g/mol. The summed E-state index contributed by atoms with van der Waals surface area (Å²) in [5, 5.41) is 3.48. The minimum Gasteiger partial charge on any atom is -0.368 e. The van der Waals surface area contributed by atoms with E-state index in [4.69, 9.17) is 0 Å². The zero-order valence-corrected chi connectivity index (χ0v) is 11.2. The van der Waals surface area contributed by atoms with Crippen molar-refractivity contribution >= 4 is 5.69 Å². The summed E-state index contributed by atoms with van der Waals surface area (Å²) in [6, 6.07) is 9.62. The van der Waals surface area contributed by atoms with Gasteiger partial charge in [0.2, 0.25) is 0 Å². The SMILES string of the molecule is CCN(c1ccc(C)cc1)C1CCNCC1C. The van der Waals surface area contributed by atoms with E-state index in [9.17, 15) is 0 Å². The highest BCUT2D eigenvalue weighted by Crippen LogP contribution is 2.24. The van der Waals surface area contributed by atoms with Gasteiger partial charge in [-0.15, -0.1) is 0 Å². The molecule has 0 aliphatic carbocycles. The van der Waals surface area contributed by atoms with Gasteiger partial charge in [-0.1, -0.05) is 24.6 Å². The Morgan fingerprint density at radius 1 is 1.29 bits per heavy atom. The van der Waals surface area contributed by atoms with Crippen molar-refractivity contribution in [1.29, 1.82) is 0 Å². The molecule has 0 spiro atoms.